The predicted molar refractivity (Wildman–Crippen MR) is 70.6 cm³/mol. The first-order valence-electron chi connectivity index (χ1n) is 5.13. The summed E-state index contributed by atoms with van der Waals surface area (Å²) in [5, 5.41) is 7.11. The van der Waals surface area contributed by atoms with Gasteiger partial charge in [-0.25, -0.2) is 0 Å². The van der Waals surface area contributed by atoms with Crippen molar-refractivity contribution in [2.45, 2.75) is 6.92 Å². The Kier molecular flexibility index (Phi) is 3.28. The molecule has 5 heteroatoms. The number of amides is 1. The van der Waals surface area contributed by atoms with E-state index < -0.39 is 0 Å². The van der Waals surface area contributed by atoms with Gasteiger partial charge in [-0.05, 0) is 28.1 Å². The molecule has 0 radical (unpaired) electrons. The third kappa shape index (κ3) is 2.74. The van der Waals surface area contributed by atoms with Crippen molar-refractivity contribution in [2.24, 2.45) is 7.05 Å². The number of hydrogen-bond donors (Lipinski definition) is 1. The molecule has 0 aliphatic carbocycles. The second kappa shape index (κ2) is 4.71. The number of rotatable bonds is 2. The molecule has 17 heavy (non-hydrogen) atoms. The zero-order chi connectivity index (χ0) is 12.4. The van der Waals surface area contributed by atoms with E-state index in [0.29, 0.717) is 0 Å². The van der Waals surface area contributed by atoms with Crippen LogP contribution < -0.4 is 5.32 Å². The Morgan fingerprint density at radius 3 is 2.82 bits per heavy atom. The van der Waals surface area contributed by atoms with E-state index in [9.17, 15) is 4.79 Å². The van der Waals surface area contributed by atoms with Crippen LogP contribution in [0, 0.1) is 0 Å². The molecule has 2 aromatic rings. The lowest BCUT2D eigenvalue weighted by molar-refractivity contribution is -0.114. The fraction of sp³-hybridized carbons (Fsp3) is 0.167. The number of nitrogens with one attached hydrogen (secondary N) is 1. The Labute approximate surface area is 108 Å². The van der Waals surface area contributed by atoms with E-state index in [-0.39, 0.29) is 5.91 Å². The van der Waals surface area contributed by atoms with Crippen LogP contribution in [0.1, 0.15) is 6.92 Å². The summed E-state index contributed by atoms with van der Waals surface area (Å²) in [7, 11) is 1.87. The summed E-state index contributed by atoms with van der Waals surface area (Å²) in [6.07, 6.45) is 1.89. The maximum absolute atomic E-state index is 11.0. The van der Waals surface area contributed by atoms with Crippen molar-refractivity contribution in [1.82, 2.24) is 9.78 Å². The smallest absolute Gasteiger partial charge is 0.221 e. The largest absolute Gasteiger partial charge is 0.326 e. The van der Waals surface area contributed by atoms with E-state index in [1.54, 1.807) is 4.68 Å². The third-order valence-electron chi connectivity index (χ3n) is 2.24. The standard InChI is InChI=1S/C12H12BrN3O/c1-8(17)14-10-5-3-4-9(6-10)12-11(13)7-16(2)15-12/h3-7H,1-2H3,(H,14,17). The fourth-order valence-electron chi connectivity index (χ4n) is 1.60. The number of benzene rings is 1. The number of aromatic nitrogens is 2. The van der Waals surface area contributed by atoms with Crippen molar-refractivity contribution in [3.05, 3.63) is 34.9 Å². The lowest BCUT2D eigenvalue weighted by Crippen LogP contribution is -2.05. The molecule has 1 aromatic carbocycles. The summed E-state index contributed by atoms with van der Waals surface area (Å²) >= 11 is 3.46. The molecule has 0 bridgehead atoms. The number of anilines is 1. The zero-order valence-corrected chi connectivity index (χ0v) is 11.2. The van der Waals surface area contributed by atoms with Crippen molar-refractivity contribution < 1.29 is 4.79 Å². The van der Waals surface area contributed by atoms with E-state index in [1.165, 1.54) is 6.92 Å². The van der Waals surface area contributed by atoms with Crippen LogP contribution in [0.4, 0.5) is 5.69 Å². The summed E-state index contributed by atoms with van der Waals surface area (Å²) in [5.41, 5.74) is 2.59. The molecule has 4 nitrogen and oxygen atoms in total. The van der Waals surface area contributed by atoms with Crippen LogP contribution >= 0.6 is 15.9 Å². The molecule has 1 N–H and O–H groups in total. The lowest BCUT2D eigenvalue weighted by atomic mass is 10.1. The van der Waals surface area contributed by atoms with Gasteiger partial charge in [0.25, 0.3) is 0 Å². The predicted octanol–water partition coefficient (Wildman–Crippen LogP) is 2.81. The second-order valence-corrected chi connectivity index (χ2v) is 4.62. The molecule has 0 saturated heterocycles. The van der Waals surface area contributed by atoms with Gasteiger partial charge in [0.1, 0.15) is 5.69 Å². The molecule has 0 atom stereocenters. The van der Waals surface area contributed by atoms with Gasteiger partial charge in [0.05, 0.1) is 4.47 Å². The van der Waals surface area contributed by atoms with Crippen LogP contribution in [0.2, 0.25) is 0 Å². The van der Waals surface area contributed by atoms with Crippen molar-refractivity contribution in [3.63, 3.8) is 0 Å². The summed E-state index contributed by atoms with van der Waals surface area (Å²) < 4.78 is 2.67. The molecule has 2 rings (SSSR count). The SMILES string of the molecule is CC(=O)Nc1cccc(-c2nn(C)cc2Br)c1. The van der Waals surface area contributed by atoms with E-state index >= 15 is 0 Å². The Hall–Kier alpha value is -1.62. The number of aryl methyl sites for hydroxylation is 1. The molecule has 1 aromatic heterocycles. The molecule has 0 fully saturated rings. The molecule has 0 aliphatic rings. The van der Waals surface area contributed by atoms with Crippen LogP contribution in [0.25, 0.3) is 11.3 Å². The molecule has 1 amide bonds. The first-order valence-corrected chi connectivity index (χ1v) is 5.93. The van der Waals surface area contributed by atoms with Gasteiger partial charge in [-0.3, -0.25) is 9.48 Å². The number of hydrogen-bond acceptors (Lipinski definition) is 2. The molecule has 0 saturated carbocycles. The van der Waals surface area contributed by atoms with E-state index in [2.05, 4.69) is 26.3 Å². The van der Waals surface area contributed by atoms with E-state index in [1.807, 2.05) is 37.5 Å². The zero-order valence-electron chi connectivity index (χ0n) is 9.57. The molecule has 0 aliphatic heterocycles. The third-order valence-corrected chi connectivity index (χ3v) is 2.82. The maximum atomic E-state index is 11.0. The Morgan fingerprint density at radius 1 is 1.47 bits per heavy atom. The Morgan fingerprint density at radius 2 is 2.24 bits per heavy atom. The minimum absolute atomic E-state index is 0.0813. The number of carbonyl (C=O) groups excluding carboxylic acids is 1. The average molecular weight is 294 g/mol. The van der Waals surface area contributed by atoms with Gasteiger partial charge in [0, 0.05) is 31.4 Å². The normalized spacial score (nSPS) is 10.3. The molecule has 88 valence electrons. The van der Waals surface area contributed by atoms with Crippen LogP contribution in [-0.2, 0) is 11.8 Å². The number of nitrogens with zero attached hydrogens (tertiary/aromatic N) is 2. The average Bonchev–Trinajstić information content (AvgIpc) is 2.57. The van der Waals surface area contributed by atoms with Gasteiger partial charge in [-0.1, -0.05) is 12.1 Å². The van der Waals surface area contributed by atoms with Gasteiger partial charge in [0.2, 0.25) is 5.91 Å². The van der Waals surface area contributed by atoms with Crippen molar-refractivity contribution >= 4 is 27.5 Å². The summed E-state index contributed by atoms with van der Waals surface area (Å²) in [4.78, 5) is 11.0. The molecule has 0 unspecified atom stereocenters. The van der Waals surface area contributed by atoms with Crippen LogP contribution in [0.15, 0.2) is 34.9 Å². The summed E-state index contributed by atoms with van der Waals surface area (Å²) in [5.74, 6) is -0.0813. The van der Waals surface area contributed by atoms with Crippen LogP contribution in [-0.4, -0.2) is 15.7 Å². The highest BCUT2D eigenvalue weighted by molar-refractivity contribution is 9.10. The van der Waals surface area contributed by atoms with Gasteiger partial charge in [-0.2, -0.15) is 5.10 Å². The van der Waals surface area contributed by atoms with E-state index in [4.69, 9.17) is 0 Å². The number of halogens is 1. The highest BCUT2D eigenvalue weighted by atomic mass is 79.9. The fourth-order valence-corrected chi connectivity index (χ4v) is 2.21. The maximum Gasteiger partial charge on any atom is 0.221 e. The Bertz CT molecular complexity index is 563. The Balaban J connectivity index is 2.39. The summed E-state index contributed by atoms with van der Waals surface area (Å²) in [6, 6.07) is 7.59. The molecular formula is C12H12BrN3O. The van der Waals surface area contributed by atoms with Gasteiger partial charge in [0.15, 0.2) is 0 Å². The quantitative estimate of drug-likeness (QED) is 0.925. The van der Waals surface area contributed by atoms with E-state index in [0.717, 1.165) is 21.4 Å². The minimum Gasteiger partial charge on any atom is -0.326 e. The highest BCUT2D eigenvalue weighted by Gasteiger charge is 2.08. The minimum atomic E-state index is -0.0813. The van der Waals surface area contributed by atoms with Crippen LogP contribution in [0.3, 0.4) is 0 Å². The highest BCUT2D eigenvalue weighted by Crippen LogP contribution is 2.28. The van der Waals surface area contributed by atoms with Crippen LogP contribution in [0.5, 0.6) is 0 Å². The van der Waals surface area contributed by atoms with Gasteiger partial charge < -0.3 is 5.32 Å². The topological polar surface area (TPSA) is 46.9 Å². The van der Waals surface area contributed by atoms with Crippen molar-refractivity contribution in [3.8, 4) is 11.3 Å². The van der Waals surface area contributed by atoms with Gasteiger partial charge >= 0.3 is 0 Å². The second-order valence-electron chi connectivity index (χ2n) is 3.76. The number of carbonyl (C=O) groups is 1. The van der Waals surface area contributed by atoms with Gasteiger partial charge in [-0.15, -0.1) is 0 Å². The summed E-state index contributed by atoms with van der Waals surface area (Å²) in [6.45, 7) is 1.49. The monoisotopic (exact) mass is 293 g/mol. The molecular weight excluding hydrogens is 282 g/mol. The van der Waals surface area contributed by atoms with Crippen molar-refractivity contribution in [2.75, 3.05) is 5.32 Å². The molecule has 0 spiro atoms. The lowest BCUT2D eigenvalue weighted by Gasteiger charge is -2.04. The van der Waals surface area contributed by atoms with Crippen molar-refractivity contribution in [1.29, 1.82) is 0 Å². The molecule has 1 heterocycles. The first kappa shape index (κ1) is 11.9. The first-order chi connectivity index (χ1) is 8.06.